The second-order valence-electron chi connectivity index (χ2n) is 11.7. The first-order valence-corrected chi connectivity index (χ1v) is 14.0. The Kier molecular flexibility index (Phi) is 7.28. The predicted octanol–water partition coefficient (Wildman–Crippen LogP) is 3.43. The summed E-state index contributed by atoms with van der Waals surface area (Å²) < 4.78 is 49.4. The fourth-order valence-corrected chi connectivity index (χ4v) is 6.32. The number of anilines is 1. The summed E-state index contributed by atoms with van der Waals surface area (Å²) in [6.07, 6.45) is -1.98. The van der Waals surface area contributed by atoms with Gasteiger partial charge in [0.25, 0.3) is 0 Å². The average molecular weight is 590 g/mol. The van der Waals surface area contributed by atoms with Crippen LogP contribution < -0.4 is 15.8 Å². The highest BCUT2D eigenvalue weighted by molar-refractivity contribution is 5.86. The molecule has 1 aliphatic heterocycles. The molecule has 42 heavy (non-hydrogen) atoms. The normalized spacial score (nSPS) is 28.1. The third-order valence-electron chi connectivity index (χ3n) is 8.74. The number of aliphatic hydroxyl groups is 2. The van der Waals surface area contributed by atoms with Gasteiger partial charge in [0.2, 0.25) is 0 Å². The van der Waals surface area contributed by atoms with E-state index in [1.807, 2.05) is 0 Å². The molecule has 0 spiro atoms. The Bertz CT molecular complexity index is 1570. The third-order valence-corrected chi connectivity index (χ3v) is 8.74. The van der Waals surface area contributed by atoms with Crippen LogP contribution in [0.1, 0.15) is 45.2 Å². The maximum Gasteiger partial charge on any atom is 0.573 e. The van der Waals surface area contributed by atoms with Gasteiger partial charge in [-0.3, -0.25) is 0 Å². The lowest BCUT2D eigenvalue weighted by Crippen LogP contribution is -2.61. The highest BCUT2D eigenvalue weighted by Gasteiger charge is 2.49. The molecule has 226 valence electrons. The highest BCUT2D eigenvalue weighted by Crippen LogP contribution is 2.45. The monoisotopic (exact) mass is 589 g/mol. The molecule has 4 heterocycles. The largest absolute Gasteiger partial charge is 0.573 e. The van der Waals surface area contributed by atoms with Crippen molar-refractivity contribution in [3.8, 4) is 5.75 Å². The number of aromatic amines is 1. The molecular weight excluding hydrogens is 555 g/mol. The van der Waals surface area contributed by atoms with Gasteiger partial charge in [-0.05, 0) is 49.3 Å². The van der Waals surface area contributed by atoms with Gasteiger partial charge in [-0.25, -0.2) is 15.0 Å². The summed E-state index contributed by atoms with van der Waals surface area (Å²) in [6, 6.07) is 5.83. The van der Waals surface area contributed by atoms with Crippen molar-refractivity contribution < 1.29 is 32.9 Å². The number of fused-ring (bicyclic) bond motifs is 2. The highest BCUT2D eigenvalue weighted by atomic mass is 19.4. The number of H-pyrrole nitrogens is 1. The van der Waals surface area contributed by atoms with E-state index in [1.165, 1.54) is 24.5 Å². The lowest BCUT2D eigenvalue weighted by molar-refractivity contribution is -0.274. The number of nitrogens with two attached hydrogens (primary N) is 1. The predicted molar refractivity (Wildman–Crippen MR) is 147 cm³/mol. The van der Waals surface area contributed by atoms with Crippen molar-refractivity contribution in [1.29, 1.82) is 0 Å². The Balaban J connectivity index is 1.04. The van der Waals surface area contributed by atoms with Crippen LogP contribution in [0.2, 0.25) is 0 Å². The summed E-state index contributed by atoms with van der Waals surface area (Å²) in [5, 5.41) is 25.9. The van der Waals surface area contributed by atoms with Crippen molar-refractivity contribution in [3.63, 3.8) is 0 Å². The number of nitrogens with one attached hydrogen (secondary N) is 2. The Morgan fingerprint density at radius 2 is 2.00 bits per heavy atom. The number of alkyl halides is 3. The van der Waals surface area contributed by atoms with Crippen LogP contribution in [0, 0.1) is 11.8 Å². The summed E-state index contributed by atoms with van der Waals surface area (Å²) in [6.45, 7) is 4.67. The van der Waals surface area contributed by atoms with E-state index in [2.05, 4.69) is 43.8 Å². The summed E-state index contributed by atoms with van der Waals surface area (Å²) in [5.41, 5.74) is 7.40. The number of imidazole rings is 1. The zero-order chi connectivity index (χ0) is 29.8. The summed E-state index contributed by atoms with van der Waals surface area (Å²) in [7, 11) is 0. The zero-order valence-corrected chi connectivity index (χ0v) is 23.2. The standard InChI is InChI=1S/C28H34F3N7O4/c1-14(2)27(10-15(11-27)3-6-21-36-18-5-4-16(9-19(18)37-21)42-28(29,30)31)35-12-20-22(39)23(40)26(41-20)38-8-7-17-24(32)33-13-34-25(17)38/h4-5,7-9,13-15,20,22-23,26,35,39-40H,3,6,10-12H2,1-2H3,(H,36,37)(H2,32,33,34)/t15?,20-,22+,23+,26-,27?/m1/s1. The van der Waals surface area contributed by atoms with Crippen LogP contribution in [-0.4, -0.2) is 71.5 Å². The minimum Gasteiger partial charge on any atom is -0.406 e. The second kappa shape index (κ2) is 10.7. The molecule has 1 saturated heterocycles. The third kappa shape index (κ3) is 5.39. The number of hydrogen-bond acceptors (Lipinski definition) is 9. The summed E-state index contributed by atoms with van der Waals surface area (Å²) in [5.74, 6) is 1.51. The van der Waals surface area contributed by atoms with Crippen molar-refractivity contribution in [2.24, 2.45) is 11.8 Å². The number of nitrogen functional groups attached to an aromatic ring is 1. The van der Waals surface area contributed by atoms with Gasteiger partial charge in [0, 0.05) is 30.8 Å². The quantitative estimate of drug-likeness (QED) is 0.197. The van der Waals surface area contributed by atoms with Crippen LogP contribution >= 0.6 is 0 Å². The number of rotatable bonds is 9. The number of benzene rings is 1. The maximum absolute atomic E-state index is 12.5. The van der Waals surface area contributed by atoms with Crippen LogP contribution in [0.25, 0.3) is 22.1 Å². The maximum atomic E-state index is 12.5. The molecule has 2 aliphatic rings. The van der Waals surface area contributed by atoms with Crippen molar-refractivity contribution in [3.05, 3.63) is 42.6 Å². The lowest BCUT2D eigenvalue weighted by atomic mass is 9.61. The van der Waals surface area contributed by atoms with Crippen molar-refractivity contribution in [1.82, 2.24) is 29.8 Å². The van der Waals surface area contributed by atoms with Crippen LogP contribution in [0.4, 0.5) is 19.0 Å². The van der Waals surface area contributed by atoms with Crippen LogP contribution in [-0.2, 0) is 11.2 Å². The van der Waals surface area contributed by atoms with E-state index in [1.54, 1.807) is 16.8 Å². The van der Waals surface area contributed by atoms with E-state index in [9.17, 15) is 23.4 Å². The Hall–Kier alpha value is -3.46. The van der Waals surface area contributed by atoms with E-state index in [0.717, 1.165) is 25.1 Å². The average Bonchev–Trinajstić information content (AvgIpc) is 3.58. The zero-order valence-electron chi connectivity index (χ0n) is 23.2. The molecule has 11 nitrogen and oxygen atoms in total. The molecule has 1 aromatic carbocycles. The molecular formula is C28H34F3N7O4. The lowest BCUT2D eigenvalue weighted by Gasteiger charge is -2.52. The van der Waals surface area contributed by atoms with Gasteiger partial charge in [-0.1, -0.05) is 13.8 Å². The number of hydrogen-bond donors (Lipinski definition) is 5. The molecule has 6 N–H and O–H groups in total. The van der Waals surface area contributed by atoms with Gasteiger partial charge in [0.15, 0.2) is 6.23 Å². The Morgan fingerprint density at radius 3 is 2.74 bits per heavy atom. The number of aliphatic hydroxyl groups excluding tert-OH is 2. The second-order valence-corrected chi connectivity index (χ2v) is 11.7. The van der Waals surface area contributed by atoms with Gasteiger partial charge in [0.1, 0.15) is 47.7 Å². The number of halogens is 3. The molecule has 14 heteroatoms. The smallest absolute Gasteiger partial charge is 0.406 e. The van der Waals surface area contributed by atoms with Gasteiger partial charge in [-0.15, -0.1) is 13.2 Å². The van der Waals surface area contributed by atoms with Crippen molar-refractivity contribution in [2.45, 2.75) is 76.0 Å². The number of ether oxygens (including phenoxy) is 2. The molecule has 0 bridgehead atoms. The van der Waals surface area contributed by atoms with Gasteiger partial charge >= 0.3 is 6.36 Å². The van der Waals surface area contributed by atoms with Crippen molar-refractivity contribution in [2.75, 3.05) is 12.3 Å². The minimum absolute atomic E-state index is 0.143. The summed E-state index contributed by atoms with van der Waals surface area (Å²) in [4.78, 5) is 15.9. The first-order chi connectivity index (χ1) is 19.9. The number of nitrogens with zero attached hydrogens (tertiary/aromatic N) is 4. The van der Waals surface area contributed by atoms with E-state index in [-0.39, 0.29) is 11.3 Å². The van der Waals surface area contributed by atoms with E-state index in [4.69, 9.17) is 10.5 Å². The van der Waals surface area contributed by atoms with Crippen molar-refractivity contribution >= 4 is 27.9 Å². The molecule has 4 atom stereocenters. The summed E-state index contributed by atoms with van der Waals surface area (Å²) >= 11 is 0. The van der Waals surface area contributed by atoms with Gasteiger partial charge < -0.3 is 40.3 Å². The van der Waals surface area contributed by atoms with Crippen LogP contribution in [0.3, 0.4) is 0 Å². The Labute approximate surface area is 239 Å². The molecule has 1 aliphatic carbocycles. The van der Waals surface area contributed by atoms with Gasteiger partial charge in [-0.2, -0.15) is 0 Å². The molecule has 0 radical (unpaired) electrons. The molecule has 2 fully saturated rings. The van der Waals surface area contributed by atoms with E-state index in [0.29, 0.717) is 52.7 Å². The minimum atomic E-state index is -4.75. The Morgan fingerprint density at radius 1 is 1.21 bits per heavy atom. The van der Waals surface area contributed by atoms with Gasteiger partial charge in [0.05, 0.1) is 16.4 Å². The van der Waals surface area contributed by atoms with E-state index >= 15 is 0 Å². The topological polar surface area (TPSA) is 156 Å². The first kappa shape index (κ1) is 28.6. The van der Waals surface area contributed by atoms with Crippen LogP contribution in [0.5, 0.6) is 5.75 Å². The molecule has 3 aromatic heterocycles. The SMILES string of the molecule is CC(C)C1(NC[C@H]2O[C@@H](n3ccc4c(N)ncnc43)[C@@H](O)[C@H]2O)CC(CCc2nc3ccc(OC(F)(F)F)cc3[nH]2)C1. The molecule has 1 saturated carbocycles. The number of aryl methyl sites for hydroxylation is 1. The van der Waals surface area contributed by atoms with E-state index < -0.39 is 30.9 Å². The number of aromatic nitrogens is 5. The fraction of sp³-hybridized carbons (Fsp3) is 0.536. The van der Waals surface area contributed by atoms with Crippen LogP contribution in [0.15, 0.2) is 36.8 Å². The fourth-order valence-electron chi connectivity index (χ4n) is 6.32. The molecule has 0 amide bonds. The molecule has 4 aromatic rings. The first-order valence-electron chi connectivity index (χ1n) is 14.0. The molecule has 6 rings (SSSR count). The molecule has 0 unspecified atom stereocenters.